The normalized spacial score (nSPS) is 13.3. The number of fused-ring (bicyclic) bond motifs is 26. The molecule has 17 rings (SSSR count). The third-order valence-corrected chi connectivity index (χ3v) is 19.0. The zero-order valence-electron chi connectivity index (χ0n) is 31.5. The Labute approximate surface area is 355 Å². The fraction of sp³-hybridized carbons (Fsp3) is 0. The van der Waals surface area contributed by atoms with E-state index in [0.717, 1.165) is 0 Å². The van der Waals surface area contributed by atoms with Crippen LogP contribution in [0.2, 0.25) is 0 Å². The Kier molecular flexibility index (Phi) is 5.17. The van der Waals surface area contributed by atoms with E-state index in [1.807, 2.05) is 45.3 Å². The van der Waals surface area contributed by atoms with Gasteiger partial charge in [-0.15, -0.1) is 45.3 Å². The second-order valence-corrected chi connectivity index (χ2v) is 21.0. The second-order valence-electron chi connectivity index (χ2n) is 16.8. The molecular weight excluding hydrogens is 801 g/mol. The van der Waals surface area contributed by atoms with Gasteiger partial charge in [0.15, 0.2) is 0 Å². The summed E-state index contributed by atoms with van der Waals surface area (Å²) < 4.78 is 11.1. The summed E-state index contributed by atoms with van der Waals surface area (Å²) in [5.41, 5.74) is 0. The highest BCUT2D eigenvalue weighted by molar-refractivity contribution is 7.31. The average Bonchev–Trinajstić information content (AvgIpc) is 4.08. The van der Waals surface area contributed by atoms with Crippen LogP contribution in [0.4, 0.5) is 0 Å². The molecule has 0 atom stereocenters. The molecule has 0 aliphatic heterocycles. The quantitative estimate of drug-likeness (QED) is 0.106. The van der Waals surface area contributed by atoms with Crippen LogP contribution in [0.15, 0.2) is 146 Å². The van der Waals surface area contributed by atoms with Crippen molar-refractivity contribution in [1.82, 2.24) is 0 Å². The van der Waals surface area contributed by atoms with E-state index in [-0.39, 0.29) is 0 Å². The lowest BCUT2D eigenvalue weighted by molar-refractivity contribution is 1.84. The van der Waals surface area contributed by atoms with Gasteiger partial charge in [0.1, 0.15) is 0 Å². The lowest BCUT2D eigenvalue weighted by atomic mass is 9.76. The minimum atomic E-state index is 1.36. The van der Waals surface area contributed by atoms with E-state index in [4.69, 9.17) is 0 Å². The first kappa shape index (κ1) is 30.6. The Balaban J connectivity index is 1.40. The largest absolute Gasteiger partial charge is 0.134 e. The fourth-order valence-corrected chi connectivity index (χ4v) is 17.4. The van der Waals surface area contributed by atoms with Gasteiger partial charge in [0, 0.05) is 145 Å². The van der Waals surface area contributed by atoms with E-state index in [9.17, 15) is 0 Å². The van der Waals surface area contributed by atoms with E-state index in [0.29, 0.717) is 0 Å². The van der Waals surface area contributed by atoms with Gasteiger partial charge in [0.2, 0.25) is 0 Å². The summed E-state index contributed by atoms with van der Waals surface area (Å²) in [6.45, 7) is 0. The maximum atomic E-state index is 2.43. The van der Waals surface area contributed by atoms with Crippen LogP contribution >= 0.6 is 45.3 Å². The van der Waals surface area contributed by atoms with E-state index in [1.54, 1.807) is 0 Å². The van der Waals surface area contributed by atoms with Crippen LogP contribution in [0.1, 0.15) is 0 Å². The molecule has 0 unspecified atom stereocenters. The topological polar surface area (TPSA) is 0 Å². The van der Waals surface area contributed by atoms with Gasteiger partial charge in [-0.3, -0.25) is 0 Å². The summed E-state index contributed by atoms with van der Waals surface area (Å²) in [6.07, 6.45) is 0. The van der Waals surface area contributed by atoms with E-state index in [1.165, 1.54) is 167 Å². The van der Waals surface area contributed by atoms with Crippen molar-refractivity contribution >= 4 is 212 Å². The van der Waals surface area contributed by atoms with E-state index >= 15 is 0 Å². The number of benzene rings is 13. The van der Waals surface area contributed by atoms with Crippen molar-refractivity contribution in [3.8, 4) is 0 Å². The van der Waals surface area contributed by atoms with Gasteiger partial charge in [-0.05, 0) is 45.8 Å². The highest BCUT2D eigenvalue weighted by Gasteiger charge is 2.33. The third-order valence-electron chi connectivity index (χ3n) is 14.2. The Bertz CT molecular complexity index is 4210. The highest BCUT2D eigenvalue weighted by atomic mass is 32.1. The highest BCUT2D eigenvalue weighted by Crippen LogP contribution is 2.63. The van der Waals surface area contributed by atoms with Gasteiger partial charge in [-0.25, -0.2) is 0 Å². The predicted molar refractivity (Wildman–Crippen MR) is 272 cm³/mol. The molecule has 4 aromatic heterocycles. The molecule has 0 saturated carbocycles. The molecule has 0 bridgehead atoms. The second kappa shape index (κ2) is 10.1. The van der Waals surface area contributed by atoms with E-state index in [2.05, 4.69) is 146 Å². The smallest absolute Gasteiger partial charge is 0.0455 e. The Morgan fingerprint density at radius 3 is 0.617 bits per heavy atom. The third kappa shape index (κ3) is 3.19. The maximum absolute atomic E-state index is 2.43. The first-order chi connectivity index (χ1) is 29.8. The maximum Gasteiger partial charge on any atom is 0.0455 e. The zero-order valence-corrected chi connectivity index (χ0v) is 34.8. The van der Waals surface area contributed by atoms with Gasteiger partial charge in [0.25, 0.3) is 0 Å². The minimum Gasteiger partial charge on any atom is -0.134 e. The first-order valence-electron chi connectivity index (χ1n) is 20.6. The molecule has 0 aliphatic rings. The summed E-state index contributed by atoms with van der Waals surface area (Å²) in [4.78, 5) is 0. The monoisotopic (exact) mass is 824 g/mol. The van der Waals surface area contributed by atoms with Crippen LogP contribution in [0.25, 0.3) is 167 Å². The summed E-state index contributed by atoms with van der Waals surface area (Å²) >= 11 is 8.01. The van der Waals surface area contributed by atoms with Crippen molar-refractivity contribution in [2.45, 2.75) is 0 Å². The van der Waals surface area contributed by atoms with Gasteiger partial charge < -0.3 is 0 Å². The number of hydrogen-bond acceptors (Lipinski definition) is 4. The molecule has 0 nitrogen and oxygen atoms in total. The lowest BCUT2D eigenvalue weighted by Crippen LogP contribution is -1.97. The zero-order chi connectivity index (χ0) is 38.3. The molecule has 0 spiro atoms. The summed E-state index contributed by atoms with van der Waals surface area (Å²) in [5, 5.41) is 33.9. The van der Waals surface area contributed by atoms with Crippen molar-refractivity contribution < 1.29 is 0 Å². The van der Waals surface area contributed by atoms with Crippen molar-refractivity contribution in [3.05, 3.63) is 146 Å². The predicted octanol–water partition coefficient (Wildman–Crippen LogP) is 18.7. The summed E-state index contributed by atoms with van der Waals surface area (Å²) in [7, 11) is 0. The SMILES string of the molecule is c1ccc2c(c1)sc1c2c2c3ccccc3c3c4c5ccccc5sc4c4c5sc6ccccc6c5c5c6ccccc6c6c7c8ccccc8sc7c1c1c2c3c4c5c61. The fourth-order valence-electron chi connectivity index (χ4n) is 12.2. The molecule has 0 N–H and O–H groups in total. The number of thiophene rings is 4. The standard InChI is InChI=1S/C56H24S4/c1-2-14-26-25(13-1)37-41-29-17-5-9-21-33(29)57-53(41)51-49-45(37)46-38(26)42-30-18-6-10-22-34(30)58-54(42)52-50(46)48-40(44-32-20-8-12-24-36(32)60-56(44)52)28-16-4-3-15-27(28)39(47(48)49)43-31-19-7-11-23-35(31)59-55(43)51/h1-24H. The van der Waals surface area contributed by atoms with Crippen LogP contribution in [-0.2, 0) is 0 Å². The Morgan fingerprint density at radius 2 is 0.367 bits per heavy atom. The molecular formula is C56H24S4. The number of hydrogen-bond donors (Lipinski definition) is 0. The average molecular weight is 825 g/mol. The molecule has 60 heavy (non-hydrogen) atoms. The molecule has 4 heterocycles. The van der Waals surface area contributed by atoms with Crippen molar-refractivity contribution in [3.63, 3.8) is 0 Å². The molecule has 0 amide bonds. The molecule has 13 aromatic carbocycles. The molecule has 272 valence electrons. The van der Waals surface area contributed by atoms with Gasteiger partial charge in [0.05, 0.1) is 0 Å². The molecule has 0 aliphatic carbocycles. The van der Waals surface area contributed by atoms with Crippen LogP contribution in [0.3, 0.4) is 0 Å². The van der Waals surface area contributed by atoms with E-state index < -0.39 is 0 Å². The van der Waals surface area contributed by atoms with Gasteiger partial charge in [-0.1, -0.05) is 121 Å². The Morgan fingerprint density at radius 1 is 0.167 bits per heavy atom. The molecule has 0 radical (unpaired) electrons. The van der Waals surface area contributed by atoms with Crippen LogP contribution in [0, 0.1) is 0 Å². The molecule has 0 fully saturated rings. The molecule has 17 aromatic rings. The van der Waals surface area contributed by atoms with Crippen molar-refractivity contribution in [1.29, 1.82) is 0 Å². The number of rotatable bonds is 0. The van der Waals surface area contributed by atoms with Crippen LogP contribution in [0.5, 0.6) is 0 Å². The lowest BCUT2D eigenvalue weighted by Gasteiger charge is -2.26. The molecule has 0 saturated heterocycles. The van der Waals surface area contributed by atoms with Crippen molar-refractivity contribution in [2.75, 3.05) is 0 Å². The Hall–Kier alpha value is -6.40. The van der Waals surface area contributed by atoms with Crippen molar-refractivity contribution in [2.24, 2.45) is 0 Å². The van der Waals surface area contributed by atoms with Gasteiger partial charge >= 0.3 is 0 Å². The van der Waals surface area contributed by atoms with Crippen LogP contribution in [-0.4, -0.2) is 0 Å². The van der Waals surface area contributed by atoms with Gasteiger partial charge in [-0.2, -0.15) is 0 Å². The van der Waals surface area contributed by atoms with Crippen LogP contribution < -0.4 is 0 Å². The summed E-state index contributed by atoms with van der Waals surface area (Å²) in [6, 6.07) is 55.7. The first-order valence-corrected chi connectivity index (χ1v) is 23.9. The minimum absolute atomic E-state index is 1.36. The summed E-state index contributed by atoms with van der Waals surface area (Å²) in [5.74, 6) is 0. The molecule has 4 heteroatoms.